The van der Waals surface area contributed by atoms with Gasteiger partial charge in [0.1, 0.15) is 0 Å². The van der Waals surface area contributed by atoms with Crippen molar-refractivity contribution in [3.8, 4) is 0 Å². The number of carbonyl (C=O) groups excluding carboxylic acids is 1. The molecule has 98 valence electrons. The molecule has 0 spiro atoms. The van der Waals surface area contributed by atoms with Gasteiger partial charge in [-0.15, -0.1) is 11.8 Å². The molecule has 1 aliphatic rings. The highest BCUT2D eigenvalue weighted by Crippen LogP contribution is 2.21. The Hall–Kier alpha value is -1.04. The molecule has 0 radical (unpaired) electrons. The van der Waals surface area contributed by atoms with Crippen molar-refractivity contribution in [2.24, 2.45) is 5.73 Å². The molecule has 2 rings (SSSR count). The maximum absolute atomic E-state index is 11.3. The molecule has 1 heterocycles. The van der Waals surface area contributed by atoms with Crippen LogP contribution >= 0.6 is 11.8 Å². The summed E-state index contributed by atoms with van der Waals surface area (Å²) in [7, 11) is 0. The zero-order chi connectivity index (χ0) is 13.0. The normalized spacial score (nSPS) is 24.3. The van der Waals surface area contributed by atoms with E-state index in [2.05, 4.69) is 12.1 Å². The third-order valence-electron chi connectivity index (χ3n) is 3.10. The molecule has 0 aromatic heterocycles. The summed E-state index contributed by atoms with van der Waals surface area (Å²) in [6.07, 6.45) is 0.0370. The lowest BCUT2D eigenvalue weighted by atomic mass is 10.2. The molecule has 18 heavy (non-hydrogen) atoms. The fraction of sp³-hybridized carbons (Fsp3) is 0.462. The number of carbonyl (C=O) groups is 1. The second-order valence-electron chi connectivity index (χ2n) is 4.46. The van der Waals surface area contributed by atoms with Crippen LogP contribution < -0.4 is 5.73 Å². The van der Waals surface area contributed by atoms with Crippen LogP contribution in [-0.4, -0.2) is 46.9 Å². The number of β-amino-alcohol motifs (C(OH)–C–C–N with tert-alkyl or cyclic N) is 1. The number of hydrogen-bond donors (Lipinski definition) is 2. The van der Waals surface area contributed by atoms with E-state index < -0.39 is 6.10 Å². The molecule has 1 saturated heterocycles. The summed E-state index contributed by atoms with van der Waals surface area (Å²) >= 11 is 1.75. The van der Waals surface area contributed by atoms with Gasteiger partial charge in [-0.05, 0) is 18.6 Å². The first-order valence-corrected chi connectivity index (χ1v) is 7.04. The van der Waals surface area contributed by atoms with Crippen LogP contribution in [-0.2, 0) is 4.79 Å². The molecule has 2 atom stereocenters. The minimum absolute atomic E-state index is 0.309. The number of nitrogens with zero attached hydrogens (tertiary/aromatic N) is 1. The molecule has 0 aliphatic carbocycles. The summed E-state index contributed by atoms with van der Waals surface area (Å²) < 4.78 is 0. The Morgan fingerprint density at radius 1 is 1.44 bits per heavy atom. The minimum atomic E-state index is -0.427. The van der Waals surface area contributed by atoms with E-state index in [1.54, 1.807) is 11.8 Å². The predicted molar refractivity (Wildman–Crippen MR) is 72.3 cm³/mol. The summed E-state index contributed by atoms with van der Waals surface area (Å²) in [6.45, 7) is 1.31. The standard InChI is InChI=1S/C13H18N2O2S/c14-13(17)12-8-10(16)9-15(12)6-7-18-11-4-2-1-3-5-11/h1-5,10,12,16H,6-9H2,(H2,14,17)/t10-,12-/m1/s1. The largest absolute Gasteiger partial charge is 0.392 e. The van der Waals surface area contributed by atoms with Crippen molar-refractivity contribution >= 4 is 17.7 Å². The monoisotopic (exact) mass is 266 g/mol. The first kappa shape index (κ1) is 13.4. The molecule has 1 amide bonds. The number of hydrogen-bond acceptors (Lipinski definition) is 4. The van der Waals surface area contributed by atoms with E-state index in [-0.39, 0.29) is 11.9 Å². The predicted octanol–water partition coefficient (Wildman–Crippen LogP) is 0.699. The van der Waals surface area contributed by atoms with Gasteiger partial charge in [-0.25, -0.2) is 0 Å². The van der Waals surface area contributed by atoms with Crippen LogP contribution in [0.15, 0.2) is 35.2 Å². The number of thioether (sulfide) groups is 1. The molecule has 1 aromatic rings. The second-order valence-corrected chi connectivity index (χ2v) is 5.63. The number of rotatable bonds is 5. The van der Waals surface area contributed by atoms with Gasteiger partial charge >= 0.3 is 0 Å². The summed E-state index contributed by atoms with van der Waals surface area (Å²) in [6, 6.07) is 9.83. The Morgan fingerprint density at radius 3 is 2.83 bits per heavy atom. The second kappa shape index (κ2) is 6.22. The molecule has 1 aromatic carbocycles. The molecule has 1 fully saturated rings. The zero-order valence-electron chi connectivity index (χ0n) is 10.2. The molecule has 0 saturated carbocycles. The number of aliphatic hydroxyl groups is 1. The lowest BCUT2D eigenvalue weighted by Gasteiger charge is -2.20. The lowest BCUT2D eigenvalue weighted by molar-refractivity contribution is -0.122. The van der Waals surface area contributed by atoms with Crippen molar-refractivity contribution < 1.29 is 9.90 Å². The van der Waals surface area contributed by atoms with Gasteiger partial charge in [-0.1, -0.05) is 18.2 Å². The number of primary amides is 1. The van der Waals surface area contributed by atoms with Crippen LogP contribution in [0.2, 0.25) is 0 Å². The number of benzene rings is 1. The lowest BCUT2D eigenvalue weighted by Crippen LogP contribution is -2.41. The van der Waals surface area contributed by atoms with Crippen LogP contribution in [0.5, 0.6) is 0 Å². The van der Waals surface area contributed by atoms with Crippen molar-refractivity contribution in [2.45, 2.75) is 23.5 Å². The van der Waals surface area contributed by atoms with Crippen molar-refractivity contribution in [2.75, 3.05) is 18.8 Å². The van der Waals surface area contributed by atoms with Gasteiger partial charge in [0, 0.05) is 23.7 Å². The third-order valence-corrected chi connectivity index (χ3v) is 4.09. The highest BCUT2D eigenvalue weighted by molar-refractivity contribution is 7.99. The van der Waals surface area contributed by atoms with Crippen molar-refractivity contribution in [3.05, 3.63) is 30.3 Å². The Balaban J connectivity index is 1.81. The van der Waals surface area contributed by atoms with Gasteiger partial charge in [-0.3, -0.25) is 9.69 Å². The van der Waals surface area contributed by atoms with E-state index >= 15 is 0 Å². The van der Waals surface area contributed by atoms with E-state index in [0.29, 0.717) is 13.0 Å². The maximum Gasteiger partial charge on any atom is 0.234 e. The van der Waals surface area contributed by atoms with Crippen LogP contribution in [0, 0.1) is 0 Å². The number of amides is 1. The Labute approximate surface area is 111 Å². The quantitative estimate of drug-likeness (QED) is 0.770. The Kier molecular flexibility index (Phi) is 4.63. The van der Waals surface area contributed by atoms with Crippen molar-refractivity contribution in [1.29, 1.82) is 0 Å². The molecule has 3 N–H and O–H groups in total. The van der Waals surface area contributed by atoms with E-state index in [4.69, 9.17) is 5.73 Å². The Morgan fingerprint density at radius 2 is 2.17 bits per heavy atom. The average molecular weight is 266 g/mol. The van der Waals surface area contributed by atoms with Crippen molar-refractivity contribution in [1.82, 2.24) is 4.90 Å². The SMILES string of the molecule is NC(=O)[C@H]1C[C@@H](O)CN1CCSc1ccccc1. The van der Waals surface area contributed by atoms with E-state index in [9.17, 15) is 9.90 Å². The maximum atomic E-state index is 11.3. The Bertz CT molecular complexity index is 399. The zero-order valence-corrected chi connectivity index (χ0v) is 11.0. The first-order valence-electron chi connectivity index (χ1n) is 6.06. The minimum Gasteiger partial charge on any atom is -0.392 e. The number of likely N-dealkylation sites (tertiary alicyclic amines) is 1. The third kappa shape index (κ3) is 3.48. The van der Waals surface area contributed by atoms with Gasteiger partial charge < -0.3 is 10.8 Å². The summed E-state index contributed by atoms with van der Waals surface area (Å²) in [5.74, 6) is 0.553. The molecule has 5 heteroatoms. The molecule has 0 bridgehead atoms. The summed E-state index contributed by atoms with van der Waals surface area (Å²) in [5, 5.41) is 9.58. The van der Waals surface area contributed by atoms with Gasteiger partial charge in [0.25, 0.3) is 0 Å². The number of aliphatic hydroxyl groups excluding tert-OH is 1. The van der Waals surface area contributed by atoms with Crippen LogP contribution in [0.1, 0.15) is 6.42 Å². The number of nitrogens with two attached hydrogens (primary N) is 1. The average Bonchev–Trinajstić information content (AvgIpc) is 2.72. The van der Waals surface area contributed by atoms with Crippen LogP contribution in [0.4, 0.5) is 0 Å². The van der Waals surface area contributed by atoms with Gasteiger partial charge in [-0.2, -0.15) is 0 Å². The van der Waals surface area contributed by atoms with Gasteiger partial charge in [0.15, 0.2) is 0 Å². The fourth-order valence-corrected chi connectivity index (χ4v) is 3.13. The van der Waals surface area contributed by atoms with E-state index in [0.717, 1.165) is 12.3 Å². The van der Waals surface area contributed by atoms with Crippen molar-refractivity contribution in [3.63, 3.8) is 0 Å². The molecule has 0 unspecified atom stereocenters. The van der Waals surface area contributed by atoms with E-state index in [1.807, 2.05) is 23.1 Å². The molecule has 1 aliphatic heterocycles. The first-order chi connectivity index (χ1) is 8.66. The highest BCUT2D eigenvalue weighted by Gasteiger charge is 2.34. The topological polar surface area (TPSA) is 66.6 Å². The van der Waals surface area contributed by atoms with Gasteiger partial charge in [0.2, 0.25) is 5.91 Å². The fourth-order valence-electron chi connectivity index (χ4n) is 2.22. The van der Waals surface area contributed by atoms with Gasteiger partial charge in [0.05, 0.1) is 12.1 Å². The molecular formula is C13H18N2O2S. The van der Waals surface area contributed by atoms with Crippen LogP contribution in [0.3, 0.4) is 0 Å². The molecular weight excluding hydrogens is 248 g/mol. The summed E-state index contributed by atoms with van der Waals surface area (Å²) in [5.41, 5.74) is 5.33. The molecule has 4 nitrogen and oxygen atoms in total. The highest BCUT2D eigenvalue weighted by atomic mass is 32.2. The smallest absolute Gasteiger partial charge is 0.234 e. The van der Waals surface area contributed by atoms with E-state index in [1.165, 1.54) is 4.90 Å². The summed E-state index contributed by atoms with van der Waals surface area (Å²) in [4.78, 5) is 14.4. The van der Waals surface area contributed by atoms with Crippen LogP contribution in [0.25, 0.3) is 0 Å².